The van der Waals surface area contributed by atoms with Crippen molar-refractivity contribution >= 4 is 47.6 Å². The molecule has 0 bridgehead atoms. The molecule has 0 spiro atoms. The number of hydrogen-bond acceptors (Lipinski definition) is 3. The third-order valence-electron chi connectivity index (χ3n) is 4.42. The van der Waals surface area contributed by atoms with Crippen molar-refractivity contribution in [1.29, 1.82) is 0 Å². The van der Waals surface area contributed by atoms with Gasteiger partial charge in [0.15, 0.2) is 5.96 Å². The summed E-state index contributed by atoms with van der Waals surface area (Å²) in [5, 5.41) is 6.66. The van der Waals surface area contributed by atoms with Gasteiger partial charge in [-0.3, -0.25) is 4.79 Å². The van der Waals surface area contributed by atoms with Gasteiger partial charge in [0, 0.05) is 42.4 Å². The fourth-order valence-electron chi connectivity index (χ4n) is 2.81. The molecule has 0 aliphatic carbocycles. The number of amides is 1. The smallest absolute Gasteiger partial charge is 0.253 e. The number of nitrogens with zero attached hydrogens (tertiary/aromatic N) is 2. The van der Waals surface area contributed by atoms with Crippen molar-refractivity contribution in [2.45, 2.75) is 32.2 Å². The van der Waals surface area contributed by atoms with E-state index in [1.807, 2.05) is 60.8 Å². The zero-order valence-corrected chi connectivity index (χ0v) is 21.2. The van der Waals surface area contributed by atoms with Crippen molar-refractivity contribution in [3.63, 3.8) is 0 Å². The molecular weight excluding hydrogens is 507 g/mol. The predicted octanol–water partition coefficient (Wildman–Crippen LogP) is 4.63. The van der Waals surface area contributed by atoms with Gasteiger partial charge >= 0.3 is 0 Å². The Morgan fingerprint density at radius 2 is 1.63 bits per heavy atom. The second kappa shape index (κ2) is 15.1. The number of halogens is 1. The molecule has 0 aliphatic rings. The highest BCUT2D eigenvalue weighted by Gasteiger charge is 2.11. The molecule has 0 saturated carbocycles. The number of hydrogen-bond donors (Lipinski definition) is 2. The molecule has 7 heteroatoms. The number of guanidine groups is 1. The third-order valence-corrected chi connectivity index (χ3v) is 5.44. The molecule has 0 unspecified atom stereocenters. The van der Waals surface area contributed by atoms with Crippen LogP contribution in [0.2, 0.25) is 0 Å². The maximum Gasteiger partial charge on any atom is 0.253 e. The van der Waals surface area contributed by atoms with Crippen LogP contribution in [-0.4, -0.2) is 48.7 Å². The number of aliphatic imine (C=N–C) groups is 1. The van der Waals surface area contributed by atoms with Gasteiger partial charge in [0.05, 0.1) is 6.54 Å². The molecule has 2 rings (SSSR count). The molecule has 0 aliphatic heterocycles. The molecule has 0 heterocycles. The minimum atomic E-state index is 0. The Balaban J connectivity index is 0.00000450. The van der Waals surface area contributed by atoms with Gasteiger partial charge < -0.3 is 15.5 Å². The number of rotatable bonds is 10. The van der Waals surface area contributed by atoms with Crippen LogP contribution >= 0.6 is 35.7 Å². The lowest BCUT2D eigenvalue weighted by molar-refractivity contribution is 0.0773. The lowest BCUT2D eigenvalue weighted by atomic mass is 10.1. The number of benzene rings is 2. The van der Waals surface area contributed by atoms with Crippen LogP contribution in [0.15, 0.2) is 64.5 Å². The van der Waals surface area contributed by atoms with Gasteiger partial charge in [-0.2, -0.15) is 0 Å². The Kier molecular flexibility index (Phi) is 13.3. The SMILES string of the molecule is CCNC(=NCc1ccc(C(=O)N(CC)CC)cc1)NCCSc1ccccc1.I. The van der Waals surface area contributed by atoms with Crippen LogP contribution in [0, 0.1) is 0 Å². The topological polar surface area (TPSA) is 56.7 Å². The molecular formula is C23H33IN4OS. The molecule has 2 N–H and O–H groups in total. The molecule has 0 fully saturated rings. The molecule has 30 heavy (non-hydrogen) atoms. The standard InChI is InChI=1S/C23H32N4OS.HI/c1-4-24-23(25-16-17-29-21-10-8-7-9-11-21)26-18-19-12-14-20(15-13-19)22(28)27(5-2)6-3;/h7-15H,4-6,16-18H2,1-3H3,(H2,24,25,26);1H. The van der Waals surface area contributed by atoms with E-state index in [1.54, 1.807) is 0 Å². The van der Waals surface area contributed by atoms with Gasteiger partial charge in [0.2, 0.25) is 0 Å². The van der Waals surface area contributed by atoms with E-state index in [4.69, 9.17) is 0 Å². The van der Waals surface area contributed by atoms with Gasteiger partial charge in [-0.25, -0.2) is 4.99 Å². The minimum Gasteiger partial charge on any atom is -0.357 e. The molecule has 2 aromatic carbocycles. The van der Waals surface area contributed by atoms with E-state index in [9.17, 15) is 4.79 Å². The first-order chi connectivity index (χ1) is 14.2. The highest BCUT2D eigenvalue weighted by Crippen LogP contribution is 2.15. The Labute approximate surface area is 202 Å². The fourth-order valence-corrected chi connectivity index (χ4v) is 3.60. The lowest BCUT2D eigenvalue weighted by Crippen LogP contribution is -2.38. The molecule has 0 saturated heterocycles. The lowest BCUT2D eigenvalue weighted by Gasteiger charge is -2.18. The summed E-state index contributed by atoms with van der Waals surface area (Å²) in [6.07, 6.45) is 0. The normalized spacial score (nSPS) is 10.8. The van der Waals surface area contributed by atoms with Gasteiger partial charge in [-0.05, 0) is 50.6 Å². The molecule has 164 valence electrons. The van der Waals surface area contributed by atoms with E-state index < -0.39 is 0 Å². The first-order valence-electron chi connectivity index (χ1n) is 10.3. The Hall–Kier alpha value is -1.74. The van der Waals surface area contributed by atoms with E-state index in [-0.39, 0.29) is 29.9 Å². The molecule has 0 aromatic heterocycles. The van der Waals surface area contributed by atoms with Crippen LogP contribution < -0.4 is 10.6 Å². The summed E-state index contributed by atoms with van der Waals surface area (Å²) >= 11 is 1.82. The van der Waals surface area contributed by atoms with Crippen LogP contribution in [0.25, 0.3) is 0 Å². The summed E-state index contributed by atoms with van der Waals surface area (Å²) < 4.78 is 0. The van der Waals surface area contributed by atoms with Gasteiger partial charge in [0.1, 0.15) is 0 Å². The highest BCUT2D eigenvalue weighted by atomic mass is 127. The van der Waals surface area contributed by atoms with E-state index in [1.165, 1.54) is 4.90 Å². The summed E-state index contributed by atoms with van der Waals surface area (Å²) in [4.78, 5) is 20.2. The summed E-state index contributed by atoms with van der Waals surface area (Å²) in [6.45, 7) is 9.72. The average molecular weight is 541 g/mol. The van der Waals surface area contributed by atoms with Crippen molar-refractivity contribution in [2.75, 3.05) is 31.9 Å². The van der Waals surface area contributed by atoms with Crippen LogP contribution in [0.3, 0.4) is 0 Å². The number of carbonyl (C=O) groups excluding carboxylic acids is 1. The van der Waals surface area contributed by atoms with Gasteiger partial charge in [-0.1, -0.05) is 30.3 Å². The van der Waals surface area contributed by atoms with Crippen molar-refractivity contribution in [2.24, 2.45) is 4.99 Å². The van der Waals surface area contributed by atoms with Crippen molar-refractivity contribution in [3.8, 4) is 0 Å². The van der Waals surface area contributed by atoms with Crippen LogP contribution in [0.5, 0.6) is 0 Å². The summed E-state index contributed by atoms with van der Waals surface area (Å²) in [6, 6.07) is 18.1. The first kappa shape index (κ1) is 26.3. The first-order valence-corrected chi connectivity index (χ1v) is 11.2. The fraction of sp³-hybridized carbons (Fsp3) is 0.391. The van der Waals surface area contributed by atoms with Gasteiger partial charge in [-0.15, -0.1) is 35.7 Å². The molecule has 0 radical (unpaired) electrons. The largest absolute Gasteiger partial charge is 0.357 e. The highest BCUT2D eigenvalue weighted by molar-refractivity contribution is 14.0. The molecule has 0 atom stereocenters. The van der Waals surface area contributed by atoms with E-state index in [0.29, 0.717) is 6.54 Å². The summed E-state index contributed by atoms with van der Waals surface area (Å²) in [5.41, 5.74) is 1.81. The van der Waals surface area contributed by atoms with Crippen molar-refractivity contribution < 1.29 is 4.79 Å². The van der Waals surface area contributed by atoms with E-state index in [0.717, 1.165) is 49.0 Å². The summed E-state index contributed by atoms with van der Waals surface area (Å²) in [7, 11) is 0. The number of carbonyl (C=O) groups is 1. The summed E-state index contributed by atoms with van der Waals surface area (Å²) in [5.74, 6) is 1.86. The monoisotopic (exact) mass is 540 g/mol. The zero-order valence-electron chi connectivity index (χ0n) is 18.1. The minimum absolute atomic E-state index is 0. The third kappa shape index (κ3) is 8.95. The van der Waals surface area contributed by atoms with E-state index >= 15 is 0 Å². The average Bonchev–Trinajstić information content (AvgIpc) is 2.76. The van der Waals surface area contributed by atoms with Crippen molar-refractivity contribution in [1.82, 2.24) is 15.5 Å². The van der Waals surface area contributed by atoms with Gasteiger partial charge in [0.25, 0.3) is 5.91 Å². The maximum absolute atomic E-state index is 12.4. The van der Waals surface area contributed by atoms with Crippen LogP contribution in [0.4, 0.5) is 0 Å². The van der Waals surface area contributed by atoms with Crippen LogP contribution in [0.1, 0.15) is 36.7 Å². The molecule has 2 aromatic rings. The second-order valence-corrected chi connectivity index (χ2v) is 7.63. The second-order valence-electron chi connectivity index (χ2n) is 6.46. The Morgan fingerprint density at radius 1 is 0.967 bits per heavy atom. The molecule has 5 nitrogen and oxygen atoms in total. The Morgan fingerprint density at radius 3 is 2.23 bits per heavy atom. The quantitative estimate of drug-likeness (QED) is 0.152. The maximum atomic E-state index is 12.4. The number of nitrogens with one attached hydrogen (secondary N) is 2. The van der Waals surface area contributed by atoms with E-state index in [2.05, 4.69) is 46.8 Å². The molecule has 1 amide bonds. The number of thioether (sulfide) groups is 1. The van der Waals surface area contributed by atoms with Crippen LogP contribution in [-0.2, 0) is 6.54 Å². The Bertz CT molecular complexity index is 765. The van der Waals surface area contributed by atoms with Crippen molar-refractivity contribution in [3.05, 3.63) is 65.7 Å². The zero-order chi connectivity index (χ0) is 20.9. The predicted molar refractivity (Wildman–Crippen MR) is 139 cm³/mol.